The number of hydrogen-bond donors (Lipinski definition) is 1. The number of likely N-dealkylation sites (tertiary alicyclic amines) is 1. The van der Waals surface area contributed by atoms with E-state index in [0.29, 0.717) is 17.0 Å². The van der Waals surface area contributed by atoms with Gasteiger partial charge in [0.2, 0.25) is 5.95 Å². The number of rotatable bonds is 4. The molecular weight excluding hydrogens is 377 g/mol. The van der Waals surface area contributed by atoms with Crippen LogP contribution in [0.15, 0.2) is 48.7 Å². The molecule has 0 amide bonds. The molecule has 0 aliphatic carbocycles. The van der Waals surface area contributed by atoms with Crippen molar-refractivity contribution < 1.29 is 4.39 Å². The molecule has 1 saturated heterocycles. The van der Waals surface area contributed by atoms with Gasteiger partial charge in [0.15, 0.2) is 0 Å². The Kier molecular flexibility index (Phi) is 4.87. The minimum absolute atomic E-state index is 0.272. The number of hydrogen-bond acceptors (Lipinski definition) is 4. The van der Waals surface area contributed by atoms with E-state index in [0.717, 1.165) is 44.6 Å². The van der Waals surface area contributed by atoms with Gasteiger partial charge < -0.3 is 5.73 Å². The number of anilines is 1. The van der Waals surface area contributed by atoms with E-state index in [9.17, 15) is 4.39 Å². The molecule has 6 heteroatoms. The predicted octanol–water partition coefficient (Wildman–Crippen LogP) is 4.37. The molecule has 30 heavy (non-hydrogen) atoms. The number of nitrogens with two attached hydrogens (primary N) is 1. The van der Waals surface area contributed by atoms with Gasteiger partial charge in [-0.2, -0.15) is 0 Å². The van der Waals surface area contributed by atoms with Crippen LogP contribution < -0.4 is 5.73 Å². The van der Waals surface area contributed by atoms with E-state index < -0.39 is 0 Å². The highest BCUT2D eigenvalue weighted by atomic mass is 19.1. The molecule has 154 valence electrons. The monoisotopic (exact) mass is 403 g/mol. The molecule has 0 radical (unpaired) electrons. The summed E-state index contributed by atoms with van der Waals surface area (Å²) in [5.74, 6) is 0.503. The van der Waals surface area contributed by atoms with Gasteiger partial charge in [-0.05, 0) is 62.9 Å². The average molecular weight is 404 g/mol. The number of halogens is 1. The van der Waals surface area contributed by atoms with Crippen LogP contribution in [-0.2, 0) is 13.0 Å². The first-order valence-corrected chi connectivity index (χ1v) is 10.6. The molecule has 0 saturated carbocycles. The summed E-state index contributed by atoms with van der Waals surface area (Å²) in [6.45, 7) is 5.34. The molecule has 0 spiro atoms. The van der Waals surface area contributed by atoms with Crippen molar-refractivity contribution in [1.82, 2.24) is 19.3 Å². The Balaban J connectivity index is 1.28. The Morgan fingerprint density at radius 3 is 2.60 bits per heavy atom. The maximum Gasteiger partial charge on any atom is 0.206 e. The quantitative estimate of drug-likeness (QED) is 0.550. The van der Waals surface area contributed by atoms with Gasteiger partial charge in [0.25, 0.3) is 0 Å². The van der Waals surface area contributed by atoms with Gasteiger partial charge in [-0.25, -0.2) is 14.4 Å². The maximum atomic E-state index is 14.1. The highest BCUT2D eigenvalue weighted by Crippen LogP contribution is 2.26. The average Bonchev–Trinajstić information content (AvgIpc) is 3.17. The lowest BCUT2D eigenvalue weighted by Gasteiger charge is -2.31. The van der Waals surface area contributed by atoms with Crippen molar-refractivity contribution in [2.75, 3.05) is 18.8 Å². The van der Waals surface area contributed by atoms with Gasteiger partial charge in [-0.15, -0.1) is 0 Å². The summed E-state index contributed by atoms with van der Waals surface area (Å²) < 4.78 is 15.9. The summed E-state index contributed by atoms with van der Waals surface area (Å²) in [6.07, 6.45) is 5.18. The molecular formula is C24H26FN5. The molecule has 3 heterocycles. The van der Waals surface area contributed by atoms with Crippen molar-refractivity contribution in [2.24, 2.45) is 5.92 Å². The van der Waals surface area contributed by atoms with Crippen molar-refractivity contribution in [3.05, 3.63) is 71.3 Å². The fourth-order valence-corrected chi connectivity index (χ4v) is 4.47. The molecule has 0 bridgehead atoms. The zero-order valence-corrected chi connectivity index (χ0v) is 17.2. The van der Waals surface area contributed by atoms with Crippen molar-refractivity contribution in [1.29, 1.82) is 0 Å². The molecule has 0 atom stereocenters. The zero-order chi connectivity index (χ0) is 20.7. The number of para-hydroxylation sites is 1. The Labute approximate surface area is 175 Å². The predicted molar refractivity (Wildman–Crippen MR) is 118 cm³/mol. The van der Waals surface area contributed by atoms with Gasteiger partial charge in [0, 0.05) is 18.1 Å². The third-order valence-corrected chi connectivity index (χ3v) is 6.19. The van der Waals surface area contributed by atoms with E-state index in [2.05, 4.69) is 41.1 Å². The molecule has 1 fully saturated rings. The number of piperidine rings is 1. The summed E-state index contributed by atoms with van der Waals surface area (Å²) >= 11 is 0. The summed E-state index contributed by atoms with van der Waals surface area (Å²) in [5.41, 5.74) is 10.7. The molecule has 2 N–H and O–H groups in total. The number of imidazole rings is 1. The summed E-state index contributed by atoms with van der Waals surface area (Å²) in [6, 6.07) is 13.8. The number of nitrogens with zero attached hydrogens (tertiary/aromatic N) is 4. The molecule has 1 aliphatic heterocycles. The van der Waals surface area contributed by atoms with Gasteiger partial charge in [-0.1, -0.05) is 35.9 Å². The lowest BCUT2D eigenvalue weighted by atomic mass is 9.92. The molecule has 4 aromatic rings. The van der Waals surface area contributed by atoms with Crippen LogP contribution in [0.5, 0.6) is 0 Å². The highest BCUT2D eigenvalue weighted by Gasteiger charge is 2.21. The lowest BCUT2D eigenvalue weighted by molar-refractivity contribution is 0.176. The Hall–Kier alpha value is -2.99. The smallest absolute Gasteiger partial charge is 0.206 e. The molecule has 1 aliphatic rings. The first-order valence-electron chi connectivity index (χ1n) is 10.6. The van der Waals surface area contributed by atoms with Crippen molar-refractivity contribution in [3.8, 4) is 0 Å². The van der Waals surface area contributed by atoms with Gasteiger partial charge in [0.1, 0.15) is 17.0 Å². The van der Waals surface area contributed by atoms with Crippen LogP contribution in [0.25, 0.3) is 16.6 Å². The minimum Gasteiger partial charge on any atom is -0.369 e. The van der Waals surface area contributed by atoms with Crippen LogP contribution in [0.2, 0.25) is 0 Å². The summed E-state index contributed by atoms with van der Waals surface area (Å²) in [5, 5.41) is 0.698. The molecule has 0 unspecified atom stereocenters. The lowest BCUT2D eigenvalue weighted by Crippen LogP contribution is -2.33. The molecule has 2 aromatic heterocycles. The summed E-state index contributed by atoms with van der Waals surface area (Å²) in [4.78, 5) is 11.6. The van der Waals surface area contributed by atoms with Crippen molar-refractivity contribution >= 4 is 22.5 Å². The van der Waals surface area contributed by atoms with Crippen molar-refractivity contribution in [3.63, 3.8) is 0 Å². The van der Waals surface area contributed by atoms with Crippen LogP contribution in [0.4, 0.5) is 10.3 Å². The second-order valence-electron chi connectivity index (χ2n) is 8.44. The van der Waals surface area contributed by atoms with Crippen LogP contribution in [0.1, 0.15) is 29.7 Å². The van der Waals surface area contributed by atoms with E-state index in [-0.39, 0.29) is 17.3 Å². The first kappa shape index (κ1) is 19.0. The number of aromatic nitrogens is 3. The van der Waals surface area contributed by atoms with Crippen molar-refractivity contribution in [2.45, 2.75) is 32.7 Å². The van der Waals surface area contributed by atoms with E-state index in [4.69, 9.17) is 10.7 Å². The second-order valence-corrected chi connectivity index (χ2v) is 8.44. The largest absolute Gasteiger partial charge is 0.369 e. The Morgan fingerprint density at radius 1 is 1.07 bits per heavy atom. The number of fused-ring (bicyclic) bond motifs is 3. The fourth-order valence-electron chi connectivity index (χ4n) is 4.47. The van der Waals surface area contributed by atoms with E-state index in [1.54, 1.807) is 10.5 Å². The topological polar surface area (TPSA) is 59.5 Å². The highest BCUT2D eigenvalue weighted by molar-refractivity contribution is 5.92. The number of benzene rings is 2. The Bertz CT molecular complexity index is 1190. The zero-order valence-electron chi connectivity index (χ0n) is 17.2. The molecule has 5 nitrogen and oxygen atoms in total. The van der Waals surface area contributed by atoms with Gasteiger partial charge in [-0.3, -0.25) is 9.30 Å². The standard InChI is InChI=1S/C24H26FN5/c1-16-5-7-18(8-6-16)14-29-11-9-17(10-12-29)13-19-15-30-23(27-19)20-3-2-4-21(25)22(20)28-24(30)26/h2-8,15,17H,9-14H2,1H3,(H2,26,28). The van der Waals surface area contributed by atoms with E-state index >= 15 is 0 Å². The molecule has 2 aromatic carbocycles. The number of aryl methyl sites for hydroxylation is 1. The van der Waals surface area contributed by atoms with Gasteiger partial charge >= 0.3 is 0 Å². The number of nitrogen functional groups attached to an aromatic ring is 1. The maximum absolute atomic E-state index is 14.1. The molecule has 5 rings (SSSR count). The van der Waals surface area contributed by atoms with Crippen LogP contribution in [0, 0.1) is 18.7 Å². The van der Waals surface area contributed by atoms with Gasteiger partial charge in [0.05, 0.1) is 5.69 Å². The third-order valence-electron chi connectivity index (χ3n) is 6.19. The van der Waals surface area contributed by atoms with Crippen LogP contribution in [0.3, 0.4) is 0 Å². The third kappa shape index (κ3) is 3.63. The minimum atomic E-state index is -0.368. The van der Waals surface area contributed by atoms with E-state index in [1.807, 2.05) is 12.3 Å². The normalized spacial score (nSPS) is 15.9. The van der Waals surface area contributed by atoms with E-state index in [1.165, 1.54) is 17.2 Å². The SMILES string of the molecule is Cc1ccc(CN2CCC(Cc3cn4c(N)nc5c(F)cccc5c4n3)CC2)cc1. The fraction of sp³-hybridized carbons (Fsp3) is 0.333. The van der Waals surface area contributed by atoms with Crippen LogP contribution >= 0.6 is 0 Å². The Morgan fingerprint density at radius 2 is 1.83 bits per heavy atom. The summed E-state index contributed by atoms with van der Waals surface area (Å²) in [7, 11) is 0. The second kappa shape index (κ2) is 7.69. The van der Waals surface area contributed by atoms with Crippen LogP contribution in [-0.4, -0.2) is 32.4 Å². The first-order chi connectivity index (χ1) is 14.6.